The Hall–Kier alpha value is -2.41. The molecule has 2 heterocycles. The number of benzene rings is 1. The monoisotopic (exact) mass is 290 g/mol. The first-order chi connectivity index (χ1) is 9.54. The van der Waals surface area contributed by atoms with Crippen LogP contribution >= 0.6 is 0 Å². The van der Waals surface area contributed by atoms with Crippen molar-refractivity contribution >= 4 is 9.84 Å². The highest BCUT2D eigenvalue weighted by Gasteiger charge is 2.19. The smallest absolute Gasteiger partial charge is 0.335 e. The van der Waals surface area contributed by atoms with Crippen molar-refractivity contribution in [2.75, 3.05) is 6.26 Å². The van der Waals surface area contributed by atoms with Gasteiger partial charge in [-0.3, -0.25) is 0 Å². The van der Waals surface area contributed by atoms with E-state index in [1.165, 1.54) is 0 Å². The quantitative estimate of drug-likeness (QED) is 0.736. The molecule has 0 aliphatic rings. The second-order valence-electron chi connectivity index (χ2n) is 4.18. The number of furan rings is 1. The fourth-order valence-electron chi connectivity index (χ4n) is 1.67. The van der Waals surface area contributed by atoms with Crippen LogP contribution < -0.4 is 0 Å². The molecule has 0 atom stereocenters. The Labute approximate surface area is 115 Å². The van der Waals surface area contributed by atoms with Crippen molar-refractivity contribution in [2.24, 2.45) is 0 Å². The van der Waals surface area contributed by atoms with E-state index >= 15 is 0 Å². The van der Waals surface area contributed by atoms with Gasteiger partial charge in [0.1, 0.15) is 5.76 Å². The van der Waals surface area contributed by atoms with Gasteiger partial charge in [-0.25, -0.2) is 8.42 Å². The second-order valence-corrected chi connectivity index (χ2v) is 6.07. The fourth-order valence-corrected chi connectivity index (χ4v) is 2.09. The molecular formula is C13H10N2O4S. The lowest BCUT2D eigenvalue weighted by atomic mass is 10.2. The molecule has 0 saturated heterocycles. The molecule has 0 bridgehead atoms. The van der Waals surface area contributed by atoms with E-state index in [2.05, 4.69) is 10.2 Å². The van der Waals surface area contributed by atoms with Gasteiger partial charge in [-0.15, -0.1) is 5.10 Å². The van der Waals surface area contributed by atoms with Gasteiger partial charge in [-0.05, 0) is 12.1 Å². The van der Waals surface area contributed by atoms with Gasteiger partial charge in [0.05, 0.1) is 0 Å². The summed E-state index contributed by atoms with van der Waals surface area (Å²) < 4.78 is 33.2. The van der Waals surface area contributed by atoms with E-state index in [0.717, 1.165) is 11.8 Å². The predicted molar refractivity (Wildman–Crippen MR) is 70.5 cm³/mol. The summed E-state index contributed by atoms with van der Waals surface area (Å²) >= 11 is 0. The number of hydrogen-bond acceptors (Lipinski definition) is 6. The van der Waals surface area contributed by atoms with Crippen molar-refractivity contribution in [3.8, 4) is 23.0 Å². The van der Waals surface area contributed by atoms with Gasteiger partial charge in [-0.2, -0.15) is 0 Å². The molecule has 6 nitrogen and oxygen atoms in total. The van der Waals surface area contributed by atoms with Crippen LogP contribution in [-0.4, -0.2) is 24.9 Å². The normalized spacial score (nSPS) is 11.7. The zero-order chi connectivity index (χ0) is 14.2. The van der Waals surface area contributed by atoms with Crippen LogP contribution in [-0.2, 0) is 9.84 Å². The molecule has 0 aliphatic heterocycles. The van der Waals surface area contributed by atoms with E-state index in [1.807, 2.05) is 30.3 Å². The van der Waals surface area contributed by atoms with Crippen molar-refractivity contribution in [1.29, 1.82) is 0 Å². The highest BCUT2D eigenvalue weighted by atomic mass is 32.2. The average molecular weight is 290 g/mol. The molecule has 7 heteroatoms. The lowest BCUT2D eigenvalue weighted by molar-refractivity contribution is 0.430. The molecule has 0 fully saturated rings. The molecule has 0 radical (unpaired) electrons. The van der Waals surface area contributed by atoms with E-state index in [4.69, 9.17) is 8.83 Å². The molecule has 0 saturated carbocycles. The van der Waals surface area contributed by atoms with Gasteiger partial charge in [-0.1, -0.05) is 35.4 Å². The molecule has 2 aromatic heterocycles. The van der Waals surface area contributed by atoms with E-state index in [0.29, 0.717) is 11.5 Å². The largest absolute Gasteiger partial charge is 0.451 e. The summed E-state index contributed by atoms with van der Waals surface area (Å²) in [5, 5.41) is 6.73. The minimum Gasteiger partial charge on any atom is -0.451 e. The first-order valence-electron chi connectivity index (χ1n) is 5.73. The number of aromatic nitrogens is 2. The molecule has 3 aromatic rings. The molecule has 0 aliphatic carbocycles. The highest BCUT2D eigenvalue weighted by Crippen LogP contribution is 2.28. The lowest BCUT2D eigenvalue weighted by Gasteiger charge is -1.94. The molecule has 102 valence electrons. The van der Waals surface area contributed by atoms with Crippen LogP contribution in [0.15, 0.2) is 56.5 Å². The third-order valence-corrected chi connectivity index (χ3v) is 3.40. The standard InChI is InChI=1S/C13H10N2O4S/c1-20(16,17)13-15-14-12(19-13)11-8-7-10(18-11)9-5-3-2-4-6-9/h2-8H,1H3. The van der Waals surface area contributed by atoms with Crippen LogP contribution in [0.2, 0.25) is 0 Å². The van der Waals surface area contributed by atoms with E-state index < -0.39 is 15.1 Å². The van der Waals surface area contributed by atoms with Gasteiger partial charge in [0.15, 0.2) is 5.76 Å². The topological polar surface area (TPSA) is 86.2 Å². The molecule has 0 amide bonds. The van der Waals surface area contributed by atoms with E-state index in [1.54, 1.807) is 12.1 Å². The second kappa shape index (κ2) is 4.61. The van der Waals surface area contributed by atoms with E-state index in [-0.39, 0.29) is 5.89 Å². The van der Waals surface area contributed by atoms with Gasteiger partial charge in [0.2, 0.25) is 9.84 Å². The molecule has 0 unspecified atom stereocenters. The first kappa shape index (κ1) is 12.6. The summed E-state index contributed by atoms with van der Waals surface area (Å²) in [7, 11) is -3.52. The van der Waals surface area contributed by atoms with Gasteiger partial charge >= 0.3 is 5.22 Å². The van der Waals surface area contributed by atoms with Crippen LogP contribution in [0.5, 0.6) is 0 Å². The van der Waals surface area contributed by atoms with Crippen LogP contribution in [0.25, 0.3) is 23.0 Å². The summed E-state index contributed by atoms with van der Waals surface area (Å²) in [4.78, 5) is 0. The van der Waals surface area contributed by atoms with Crippen LogP contribution in [0.4, 0.5) is 0 Å². The first-order valence-corrected chi connectivity index (χ1v) is 7.62. The minimum absolute atomic E-state index is 0.0348. The molecular weight excluding hydrogens is 280 g/mol. The highest BCUT2D eigenvalue weighted by molar-refractivity contribution is 7.90. The Bertz CT molecular complexity index is 834. The Kier molecular flexibility index (Phi) is 2.90. The van der Waals surface area contributed by atoms with Gasteiger partial charge in [0, 0.05) is 11.8 Å². The van der Waals surface area contributed by atoms with Crippen molar-refractivity contribution in [3.05, 3.63) is 42.5 Å². The summed E-state index contributed by atoms with van der Waals surface area (Å²) in [5.41, 5.74) is 0.904. The number of hydrogen-bond donors (Lipinski definition) is 0. The lowest BCUT2D eigenvalue weighted by Crippen LogP contribution is -1.96. The van der Waals surface area contributed by atoms with Crippen molar-refractivity contribution in [1.82, 2.24) is 10.2 Å². The molecule has 3 rings (SSSR count). The Morgan fingerprint density at radius 2 is 1.60 bits per heavy atom. The number of nitrogens with zero attached hydrogens (tertiary/aromatic N) is 2. The van der Waals surface area contributed by atoms with Gasteiger partial charge < -0.3 is 8.83 Å². The third-order valence-electron chi connectivity index (χ3n) is 2.60. The minimum atomic E-state index is -3.52. The summed E-state index contributed by atoms with van der Waals surface area (Å²) in [5.74, 6) is 0.999. The fraction of sp³-hybridized carbons (Fsp3) is 0.0769. The zero-order valence-corrected chi connectivity index (χ0v) is 11.3. The molecule has 0 spiro atoms. The van der Waals surface area contributed by atoms with Crippen molar-refractivity contribution < 1.29 is 17.3 Å². The van der Waals surface area contributed by atoms with Crippen LogP contribution in [0, 0.1) is 0 Å². The third kappa shape index (κ3) is 2.35. The summed E-state index contributed by atoms with van der Waals surface area (Å²) in [6, 6.07) is 12.9. The summed E-state index contributed by atoms with van der Waals surface area (Å²) in [6.07, 6.45) is 1.00. The zero-order valence-electron chi connectivity index (χ0n) is 10.5. The maximum atomic E-state index is 11.3. The number of rotatable bonds is 3. The van der Waals surface area contributed by atoms with E-state index in [9.17, 15) is 8.42 Å². The molecule has 0 N–H and O–H groups in total. The maximum absolute atomic E-state index is 11.3. The Morgan fingerprint density at radius 1 is 0.900 bits per heavy atom. The maximum Gasteiger partial charge on any atom is 0.335 e. The van der Waals surface area contributed by atoms with Crippen molar-refractivity contribution in [3.63, 3.8) is 0 Å². The average Bonchev–Trinajstić information content (AvgIpc) is 3.08. The SMILES string of the molecule is CS(=O)(=O)c1nnc(-c2ccc(-c3ccccc3)o2)o1. The number of sulfone groups is 1. The Balaban J connectivity index is 1.97. The van der Waals surface area contributed by atoms with Gasteiger partial charge in [0.25, 0.3) is 5.89 Å². The predicted octanol–water partition coefficient (Wildman–Crippen LogP) is 2.40. The molecule has 20 heavy (non-hydrogen) atoms. The molecule has 1 aromatic carbocycles. The summed E-state index contributed by atoms with van der Waals surface area (Å²) in [6.45, 7) is 0. The van der Waals surface area contributed by atoms with Crippen molar-refractivity contribution in [2.45, 2.75) is 5.22 Å². The van der Waals surface area contributed by atoms with Crippen LogP contribution in [0.1, 0.15) is 0 Å². The Morgan fingerprint density at radius 3 is 2.25 bits per heavy atom. The van der Waals surface area contributed by atoms with Crippen LogP contribution in [0.3, 0.4) is 0 Å².